The quantitative estimate of drug-likeness (QED) is 0.840. The molecule has 4 heteroatoms. The van der Waals surface area contributed by atoms with E-state index in [1.165, 1.54) is 29.0 Å². The van der Waals surface area contributed by atoms with E-state index < -0.39 is 0 Å². The Kier molecular flexibility index (Phi) is 2.67. The highest BCUT2D eigenvalue weighted by Crippen LogP contribution is 2.43. The summed E-state index contributed by atoms with van der Waals surface area (Å²) in [6.45, 7) is 3.07. The molecule has 1 saturated heterocycles. The maximum absolute atomic E-state index is 4.65. The Hall–Kier alpha value is -1.26. The maximum atomic E-state index is 4.65. The Bertz CT molecular complexity index is 593. The fourth-order valence-electron chi connectivity index (χ4n) is 3.50. The van der Waals surface area contributed by atoms with Crippen LogP contribution < -0.4 is 0 Å². The first-order valence-corrected chi connectivity index (χ1v) is 7.80. The molecule has 4 rings (SSSR count). The van der Waals surface area contributed by atoms with Crippen molar-refractivity contribution in [2.24, 2.45) is 0 Å². The summed E-state index contributed by atoms with van der Waals surface area (Å²) in [7, 11) is 0. The van der Waals surface area contributed by atoms with Gasteiger partial charge in [-0.2, -0.15) is 0 Å². The van der Waals surface area contributed by atoms with E-state index in [2.05, 4.69) is 38.6 Å². The summed E-state index contributed by atoms with van der Waals surface area (Å²) in [4.78, 5) is 13.2. The predicted molar refractivity (Wildman–Crippen MR) is 76.1 cm³/mol. The fourth-order valence-corrected chi connectivity index (χ4v) is 4.22. The Morgan fingerprint density at radius 3 is 3.21 bits per heavy atom. The monoisotopic (exact) mass is 271 g/mol. The highest BCUT2D eigenvalue weighted by atomic mass is 32.1. The molecule has 2 bridgehead atoms. The van der Waals surface area contributed by atoms with Gasteiger partial charge in [-0.05, 0) is 31.2 Å². The van der Waals surface area contributed by atoms with Crippen LogP contribution in [0.15, 0.2) is 23.7 Å². The van der Waals surface area contributed by atoms with Crippen LogP contribution in [0.1, 0.15) is 40.8 Å². The van der Waals surface area contributed by atoms with E-state index >= 15 is 0 Å². The largest absolute Gasteiger partial charge is 0.288 e. The number of hydrogen-bond acceptors (Lipinski definition) is 4. The zero-order chi connectivity index (χ0) is 12.8. The van der Waals surface area contributed by atoms with E-state index in [-0.39, 0.29) is 0 Å². The molecule has 0 unspecified atom stereocenters. The van der Waals surface area contributed by atoms with Gasteiger partial charge in [-0.15, -0.1) is 11.3 Å². The van der Waals surface area contributed by atoms with E-state index in [9.17, 15) is 0 Å². The number of rotatable bonds is 2. The normalized spacial score (nSPS) is 25.5. The summed E-state index contributed by atoms with van der Waals surface area (Å²) >= 11 is 1.86. The van der Waals surface area contributed by atoms with Gasteiger partial charge in [0.05, 0.1) is 5.69 Å². The molecule has 0 amide bonds. The molecule has 0 aliphatic carbocycles. The fraction of sp³-hybridized carbons (Fsp3) is 0.467. The highest BCUT2D eigenvalue weighted by Gasteiger charge is 2.40. The molecule has 0 N–H and O–H groups in total. The molecule has 2 aliphatic heterocycles. The van der Waals surface area contributed by atoms with Crippen LogP contribution in [-0.4, -0.2) is 20.9 Å². The minimum absolute atomic E-state index is 0.538. The highest BCUT2D eigenvalue weighted by molar-refractivity contribution is 7.09. The van der Waals surface area contributed by atoms with E-state index in [1.807, 2.05) is 18.3 Å². The van der Waals surface area contributed by atoms with Crippen LogP contribution >= 0.6 is 11.3 Å². The van der Waals surface area contributed by atoms with Gasteiger partial charge in [0.1, 0.15) is 5.82 Å². The van der Waals surface area contributed by atoms with Gasteiger partial charge < -0.3 is 0 Å². The van der Waals surface area contributed by atoms with E-state index in [4.69, 9.17) is 0 Å². The lowest BCUT2D eigenvalue weighted by atomic mass is 9.99. The molecule has 3 nitrogen and oxygen atoms in total. The molecule has 0 aromatic carbocycles. The summed E-state index contributed by atoms with van der Waals surface area (Å²) in [6.07, 6.45) is 5.72. The lowest BCUT2D eigenvalue weighted by Gasteiger charge is -2.35. The summed E-state index contributed by atoms with van der Waals surface area (Å²) in [5, 5.41) is 2.17. The second-order valence-electron chi connectivity index (χ2n) is 5.52. The number of aryl methyl sites for hydroxylation is 1. The summed E-state index contributed by atoms with van der Waals surface area (Å²) in [5.74, 6) is 0.907. The number of hydrogen-bond donors (Lipinski definition) is 0. The summed E-state index contributed by atoms with van der Waals surface area (Å²) < 4.78 is 0. The van der Waals surface area contributed by atoms with Crippen LogP contribution in [0.4, 0.5) is 0 Å². The Morgan fingerprint density at radius 1 is 1.42 bits per heavy atom. The smallest absolute Gasteiger partial charge is 0.125 e. The summed E-state index contributed by atoms with van der Waals surface area (Å²) in [5.41, 5.74) is 2.67. The van der Waals surface area contributed by atoms with Crippen molar-refractivity contribution in [1.29, 1.82) is 0 Å². The molecule has 2 aliphatic rings. The molecule has 19 heavy (non-hydrogen) atoms. The van der Waals surface area contributed by atoms with Crippen molar-refractivity contribution < 1.29 is 0 Å². The van der Waals surface area contributed by atoms with Crippen molar-refractivity contribution in [3.63, 3.8) is 0 Å². The van der Waals surface area contributed by atoms with Crippen LogP contribution in [0.2, 0.25) is 0 Å². The van der Waals surface area contributed by atoms with Gasteiger partial charge in [-0.1, -0.05) is 6.07 Å². The average Bonchev–Trinajstić information content (AvgIpc) is 2.99. The molecule has 0 radical (unpaired) electrons. The SMILES string of the molecule is Cc1ncc2c(n1)C[C@@H]1CC[C@H]2N1Cc1cccs1. The summed E-state index contributed by atoms with van der Waals surface area (Å²) in [6, 6.07) is 5.60. The Balaban J connectivity index is 1.68. The van der Waals surface area contributed by atoms with Crippen LogP contribution in [0.5, 0.6) is 0 Å². The standard InChI is InChI=1S/C15H17N3S/c1-10-16-8-13-14(17-10)7-11-4-5-15(13)18(11)9-12-3-2-6-19-12/h2-3,6,8,11,15H,4-5,7,9H2,1H3/t11-,15+/m0/s1. The maximum Gasteiger partial charge on any atom is 0.125 e. The molecule has 2 aromatic rings. The lowest BCUT2D eigenvalue weighted by Crippen LogP contribution is -2.37. The first-order valence-electron chi connectivity index (χ1n) is 6.92. The van der Waals surface area contributed by atoms with Gasteiger partial charge >= 0.3 is 0 Å². The van der Waals surface area contributed by atoms with Crippen molar-refractivity contribution in [3.05, 3.63) is 45.7 Å². The Labute approximate surface area is 117 Å². The molecule has 2 aromatic heterocycles. The zero-order valence-electron chi connectivity index (χ0n) is 11.0. The Morgan fingerprint density at radius 2 is 2.37 bits per heavy atom. The second-order valence-corrected chi connectivity index (χ2v) is 6.55. The first-order chi connectivity index (χ1) is 9.31. The lowest BCUT2D eigenvalue weighted by molar-refractivity contribution is 0.167. The van der Waals surface area contributed by atoms with Crippen LogP contribution in [-0.2, 0) is 13.0 Å². The van der Waals surface area contributed by atoms with Crippen LogP contribution in [0.3, 0.4) is 0 Å². The van der Waals surface area contributed by atoms with Crippen molar-refractivity contribution in [3.8, 4) is 0 Å². The van der Waals surface area contributed by atoms with Crippen molar-refractivity contribution in [1.82, 2.24) is 14.9 Å². The topological polar surface area (TPSA) is 29.0 Å². The molecule has 0 saturated carbocycles. The van der Waals surface area contributed by atoms with E-state index in [0.29, 0.717) is 12.1 Å². The molecule has 98 valence electrons. The van der Waals surface area contributed by atoms with E-state index in [1.54, 1.807) is 0 Å². The van der Waals surface area contributed by atoms with Gasteiger partial charge in [0.25, 0.3) is 0 Å². The molecule has 2 atom stereocenters. The van der Waals surface area contributed by atoms with Crippen molar-refractivity contribution in [2.75, 3.05) is 0 Å². The number of fused-ring (bicyclic) bond motifs is 4. The first kappa shape index (κ1) is 11.6. The van der Waals surface area contributed by atoms with E-state index in [0.717, 1.165) is 18.8 Å². The van der Waals surface area contributed by atoms with Gasteiger partial charge in [0, 0.05) is 41.7 Å². The number of nitrogens with zero attached hydrogens (tertiary/aromatic N) is 3. The second kappa shape index (κ2) is 4.39. The third kappa shape index (κ3) is 1.90. The molecule has 0 spiro atoms. The van der Waals surface area contributed by atoms with Gasteiger partial charge in [-0.3, -0.25) is 4.90 Å². The number of aromatic nitrogens is 2. The molecular formula is C15H17N3S. The van der Waals surface area contributed by atoms with Crippen LogP contribution in [0.25, 0.3) is 0 Å². The van der Waals surface area contributed by atoms with Gasteiger partial charge in [0.15, 0.2) is 0 Å². The average molecular weight is 271 g/mol. The third-order valence-corrected chi connectivity index (χ3v) is 5.23. The minimum atomic E-state index is 0.538. The molecule has 4 heterocycles. The minimum Gasteiger partial charge on any atom is -0.288 e. The molecule has 1 fully saturated rings. The molecular weight excluding hydrogens is 254 g/mol. The predicted octanol–water partition coefficient (Wildman–Crippen LogP) is 3.11. The van der Waals surface area contributed by atoms with Crippen molar-refractivity contribution >= 4 is 11.3 Å². The van der Waals surface area contributed by atoms with Gasteiger partial charge in [-0.25, -0.2) is 9.97 Å². The van der Waals surface area contributed by atoms with Gasteiger partial charge in [0.2, 0.25) is 0 Å². The van der Waals surface area contributed by atoms with Crippen LogP contribution in [0, 0.1) is 6.92 Å². The zero-order valence-corrected chi connectivity index (χ0v) is 11.9. The number of thiophene rings is 1. The van der Waals surface area contributed by atoms with Crippen molar-refractivity contribution in [2.45, 2.75) is 44.8 Å². The third-order valence-electron chi connectivity index (χ3n) is 4.37.